The van der Waals surface area contributed by atoms with Crippen molar-refractivity contribution in [3.8, 4) is 0 Å². The third-order valence-electron chi connectivity index (χ3n) is 2.07. The summed E-state index contributed by atoms with van der Waals surface area (Å²) in [5.74, 6) is -0.00963. The van der Waals surface area contributed by atoms with Gasteiger partial charge in [-0.1, -0.05) is 31.9 Å². The van der Waals surface area contributed by atoms with Crippen molar-refractivity contribution < 1.29 is 9.53 Å². The lowest BCUT2D eigenvalue weighted by molar-refractivity contribution is -0.140. The topological polar surface area (TPSA) is 26.3 Å². The zero-order valence-corrected chi connectivity index (χ0v) is 7.58. The van der Waals surface area contributed by atoms with Crippen LogP contribution in [0.5, 0.6) is 0 Å². The maximum Gasteiger partial charge on any atom is 0.312 e. The van der Waals surface area contributed by atoms with Crippen molar-refractivity contribution >= 4 is 5.97 Å². The zero-order valence-electron chi connectivity index (χ0n) is 7.58. The van der Waals surface area contributed by atoms with Crippen LogP contribution in [0.1, 0.15) is 32.6 Å². The highest BCUT2D eigenvalue weighted by atomic mass is 16.5. The van der Waals surface area contributed by atoms with E-state index in [0.717, 1.165) is 12.8 Å². The Hall–Kier alpha value is -0.790. The molecule has 1 aliphatic heterocycles. The second kappa shape index (κ2) is 4.96. The van der Waals surface area contributed by atoms with E-state index in [4.69, 9.17) is 4.74 Å². The monoisotopic (exact) mass is 168 g/mol. The average molecular weight is 168 g/mol. The van der Waals surface area contributed by atoms with Gasteiger partial charge in [0.2, 0.25) is 0 Å². The number of cyclic esters (lactones) is 1. The Morgan fingerprint density at radius 1 is 1.67 bits per heavy atom. The summed E-state index contributed by atoms with van der Waals surface area (Å²) < 4.78 is 4.83. The number of carbonyl (C=O) groups excluding carboxylic acids is 1. The van der Waals surface area contributed by atoms with Crippen LogP contribution < -0.4 is 0 Å². The maximum absolute atomic E-state index is 11.0. The summed E-state index contributed by atoms with van der Waals surface area (Å²) in [6.45, 7) is 2.76. The van der Waals surface area contributed by atoms with E-state index in [2.05, 4.69) is 13.0 Å². The quantitative estimate of drug-likeness (QED) is 0.366. The molecule has 0 spiro atoms. The molecule has 1 unspecified atom stereocenters. The summed E-state index contributed by atoms with van der Waals surface area (Å²) in [6.07, 6.45) is 8.45. The van der Waals surface area contributed by atoms with Gasteiger partial charge in [0.15, 0.2) is 0 Å². The Morgan fingerprint density at radius 3 is 3.08 bits per heavy atom. The van der Waals surface area contributed by atoms with Crippen LogP contribution in [0.3, 0.4) is 0 Å². The molecular formula is C10H16O2. The van der Waals surface area contributed by atoms with Gasteiger partial charge in [0, 0.05) is 0 Å². The Bertz CT molecular complexity index is 173. The number of esters is 1. The Labute approximate surface area is 73.6 Å². The molecule has 1 fully saturated rings. The molecule has 1 heterocycles. The van der Waals surface area contributed by atoms with Crippen molar-refractivity contribution in [1.82, 2.24) is 0 Å². The molecule has 0 saturated carbocycles. The van der Waals surface area contributed by atoms with Crippen molar-refractivity contribution in [2.24, 2.45) is 5.92 Å². The summed E-state index contributed by atoms with van der Waals surface area (Å²) in [5.41, 5.74) is 0. The Kier molecular flexibility index (Phi) is 3.85. The molecule has 0 aliphatic carbocycles. The minimum absolute atomic E-state index is 0.0434. The van der Waals surface area contributed by atoms with Crippen molar-refractivity contribution in [2.45, 2.75) is 32.6 Å². The van der Waals surface area contributed by atoms with E-state index in [9.17, 15) is 4.79 Å². The lowest BCUT2D eigenvalue weighted by atomic mass is 10.1. The SMILES string of the molecule is CCCCC=CC1CCOC1=O. The lowest BCUT2D eigenvalue weighted by Gasteiger charge is -1.95. The molecule has 12 heavy (non-hydrogen) atoms. The van der Waals surface area contributed by atoms with Crippen LogP contribution in [-0.4, -0.2) is 12.6 Å². The van der Waals surface area contributed by atoms with Crippen LogP contribution in [0.4, 0.5) is 0 Å². The first-order valence-electron chi connectivity index (χ1n) is 4.68. The third kappa shape index (κ3) is 2.68. The van der Waals surface area contributed by atoms with Crippen LogP contribution in [0, 0.1) is 5.92 Å². The number of rotatable bonds is 4. The van der Waals surface area contributed by atoms with Gasteiger partial charge in [-0.3, -0.25) is 4.79 Å². The highest BCUT2D eigenvalue weighted by molar-refractivity contribution is 5.76. The number of unbranched alkanes of at least 4 members (excludes halogenated alkanes) is 2. The molecule has 0 bridgehead atoms. The van der Waals surface area contributed by atoms with Crippen LogP contribution in [0.15, 0.2) is 12.2 Å². The van der Waals surface area contributed by atoms with E-state index in [0.29, 0.717) is 6.61 Å². The van der Waals surface area contributed by atoms with E-state index < -0.39 is 0 Å². The van der Waals surface area contributed by atoms with Gasteiger partial charge < -0.3 is 4.74 Å². The molecule has 2 nitrogen and oxygen atoms in total. The Balaban J connectivity index is 2.20. The molecule has 1 aliphatic rings. The van der Waals surface area contributed by atoms with Gasteiger partial charge in [-0.2, -0.15) is 0 Å². The second-order valence-electron chi connectivity index (χ2n) is 3.13. The van der Waals surface area contributed by atoms with Crippen molar-refractivity contribution in [1.29, 1.82) is 0 Å². The van der Waals surface area contributed by atoms with Gasteiger partial charge in [0.25, 0.3) is 0 Å². The zero-order chi connectivity index (χ0) is 8.81. The van der Waals surface area contributed by atoms with Crippen LogP contribution >= 0.6 is 0 Å². The predicted molar refractivity (Wildman–Crippen MR) is 47.7 cm³/mol. The van der Waals surface area contributed by atoms with Crippen molar-refractivity contribution in [3.05, 3.63) is 12.2 Å². The molecule has 68 valence electrons. The minimum atomic E-state index is -0.0530. The molecule has 1 saturated heterocycles. The third-order valence-corrected chi connectivity index (χ3v) is 2.07. The first-order chi connectivity index (χ1) is 5.84. The summed E-state index contributed by atoms with van der Waals surface area (Å²) in [6, 6.07) is 0. The van der Waals surface area contributed by atoms with E-state index in [1.54, 1.807) is 0 Å². The molecule has 0 aromatic rings. The van der Waals surface area contributed by atoms with E-state index in [1.807, 2.05) is 6.08 Å². The molecule has 1 atom stereocenters. The largest absolute Gasteiger partial charge is 0.465 e. The van der Waals surface area contributed by atoms with E-state index in [1.165, 1.54) is 12.8 Å². The summed E-state index contributed by atoms with van der Waals surface area (Å²) >= 11 is 0. The van der Waals surface area contributed by atoms with Gasteiger partial charge in [-0.25, -0.2) is 0 Å². The van der Waals surface area contributed by atoms with Crippen molar-refractivity contribution in [3.63, 3.8) is 0 Å². The second-order valence-corrected chi connectivity index (χ2v) is 3.13. The van der Waals surface area contributed by atoms with Crippen LogP contribution in [0.25, 0.3) is 0 Å². The standard InChI is InChI=1S/C10H16O2/c1-2-3-4-5-6-9-7-8-12-10(9)11/h5-6,9H,2-4,7-8H2,1H3. The number of hydrogen-bond acceptors (Lipinski definition) is 2. The minimum Gasteiger partial charge on any atom is -0.465 e. The van der Waals surface area contributed by atoms with Crippen molar-refractivity contribution in [2.75, 3.05) is 6.61 Å². The van der Waals surface area contributed by atoms with Gasteiger partial charge >= 0.3 is 5.97 Å². The van der Waals surface area contributed by atoms with Crippen LogP contribution in [0.2, 0.25) is 0 Å². The highest BCUT2D eigenvalue weighted by Crippen LogP contribution is 2.15. The van der Waals surface area contributed by atoms with E-state index >= 15 is 0 Å². The Morgan fingerprint density at radius 2 is 2.50 bits per heavy atom. The lowest BCUT2D eigenvalue weighted by Crippen LogP contribution is -2.03. The van der Waals surface area contributed by atoms with Gasteiger partial charge in [-0.15, -0.1) is 0 Å². The summed E-state index contributed by atoms with van der Waals surface area (Å²) in [4.78, 5) is 11.0. The molecule has 1 rings (SSSR count). The molecule has 0 radical (unpaired) electrons. The fourth-order valence-electron chi connectivity index (χ4n) is 1.27. The molecule has 0 N–H and O–H groups in total. The normalized spacial score (nSPS) is 23.4. The average Bonchev–Trinajstić information content (AvgIpc) is 2.46. The van der Waals surface area contributed by atoms with E-state index in [-0.39, 0.29) is 11.9 Å². The predicted octanol–water partition coefficient (Wildman–Crippen LogP) is 2.30. The fraction of sp³-hybridized carbons (Fsp3) is 0.700. The summed E-state index contributed by atoms with van der Waals surface area (Å²) in [5, 5.41) is 0. The first-order valence-corrected chi connectivity index (χ1v) is 4.68. The summed E-state index contributed by atoms with van der Waals surface area (Å²) in [7, 11) is 0. The fourth-order valence-corrected chi connectivity index (χ4v) is 1.27. The molecular weight excluding hydrogens is 152 g/mol. The number of carbonyl (C=O) groups is 1. The first kappa shape index (κ1) is 9.30. The number of hydrogen-bond donors (Lipinski definition) is 0. The molecule has 2 heteroatoms. The van der Waals surface area contributed by atoms with Gasteiger partial charge in [0.05, 0.1) is 12.5 Å². The molecule has 0 amide bonds. The molecule has 0 aromatic carbocycles. The highest BCUT2D eigenvalue weighted by Gasteiger charge is 2.22. The van der Waals surface area contributed by atoms with Gasteiger partial charge in [-0.05, 0) is 12.8 Å². The van der Waals surface area contributed by atoms with Crippen LogP contribution in [-0.2, 0) is 9.53 Å². The maximum atomic E-state index is 11.0. The molecule has 0 aromatic heterocycles. The van der Waals surface area contributed by atoms with Gasteiger partial charge in [0.1, 0.15) is 0 Å². The smallest absolute Gasteiger partial charge is 0.312 e. The number of ether oxygens (including phenoxy) is 1. The number of allylic oxidation sites excluding steroid dienone is 1.